The summed E-state index contributed by atoms with van der Waals surface area (Å²) in [7, 11) is 1.84. The lowest BCUT2D eigenvalue weighted by Crippen LogP contribution is -2.25. The van der Waals surface area contributed by atoms with Gasteiger partial charge in [0.25, 0.3) is 0 Å². The Morgan fingerprint density at radius 1 is 1.29 bits per heavy atom. The number of aliphatic imine (C=N–C) groups is 1. The lowest BCUT2D eigenvalue weighted by molar-refractivity contribution is 0.714. The Hall–Kier alpha value is -2.15. The molecule has 0 saturated heterocycles. The average Bonchev–Trinajstić information content (AvgIpc) is 2.90. The van der Waals surface area contributed by atoms with Crippen LogP contribution in [0.1, 0.15) is 16.8 Å². The van der Waals surface area contributed by atoms with Gasteiger partial charge in [-0.3, -0.25) is 10.1 Å². The van der Waals surface area contributed by atoms with Crippen LogP contribution in [0.3, 0.4) is 0 Å². The molecule has 1 aromatic heterocycles. The van der Waals surface area contributed by atoms with E-state index in [0.717, 1.165) is 28.0 Å². The second-order valence-electron chi connectivity index (χ2n) is 4.92. The first kappa shape index (κ1) is 13.8. The molecule has 2 heterocycles. The van der Waals surface area contributed by atoms with Gasteiger partial charge in [0.2, 0.25) is 0 Å². The number of aryl methyl sites for hydroxylation is 3. The van der Waals surface area contributed by atoms with Gasteiger partial charge in [0.15, 0.2) is 5.17 Å². The zero-order valence-corrected chi connectivity index (χ0v) is 13.0. The minimum Gasteiger partial charge on any atom is -0.255 e. The van der Waals surface area contributed by atoms with Gasteiger partial charge in [-0.15, -0.1) is 5.10 Å². The fourth-order valence-corrected chi connectivity index (χ4v) is 2.66. The molecule has 7 heteroatoms. The molecule has 0 unspecified atom stereocenters. The predicted molar refractivity (Wildman–Crippen MR) is 86.1 cm³/mol. The number of benzene rings is 1. The highest BCUT2D eigenvalue weighted by Crippen LogP contribution is 2.20. The van der Waals surface area contributed by atoms with E-state index >= 15 is 0 Å². The molecular formula is C14H16N6S. The fraction of sp³-hybridized carbons (Fsp3) is 0.286. The number of aromatic nitrogens is 3. The summed E-state index contributed by atoms with van der Waals surface area (Å²) < 4.78 is 1.67. The number of nitrogens with one attached hydrogen (secondary N) is 1. The number of nitrogens with zero attached hydrogens (tertiary/aromatic N) is 5. The molecule has 0 aliphatic carbocycles. The third-order valence-electron chi connectivity index (χ3n) is 3.25. The molecule has 1 aliphatic heterocycles. The number of hydrogen-bond donors (Lipinski definition) is 1. The van der Waals surface area contributed by atoms with Crippen molar-refractivity contribution in [3.63, 3.8) is 0 Å². The van der Waals surface area contributed by atoms with Gasteiger partial charge in [0, 0.05) is 12.8 Å². The second-order valence-corrected chi connectivity index (χ2v) is 5.89. The van der Waals surface area contributed by atoms with Crippen LogP contribution < -0.4 is 5.43 Å². The van der Waals surface area contributed by atoms with Crippen molar-refractivity contribution in [2.24, 2.45) is 17.1 Å². The normalized spacial score (nSPS) is 16.7. The molecule has 6 nitrogen and oxygen atoms in total. The Kier molecular flexibility index (Phi) is 3.74. The topological polar surface area (TPSA) is 67.5 Å². The molecule has 0 amide bonds. The van der Waals surface area contributed by atoms with Crippen LogP contribution in [0.25, 0.3) is 0 Å². The van der Waals surface area contributed by atoms with E-state index in [1.807, 2.05) is 19.3 Å². The predicted octanol–water partition coefficient (Wildman–Crippen LogP) is 2.16. The zero-order valence-electron chi connectivity index (χ0n) is 12.2. The first-order valence-electron chi connectivity index (χ1n) is 6.60. The lowest BCUT2D eigenvalue weighted by atomic mass is 10.1. The summed E-state index contributed by atoms with van der Waals surface area (Å²) in [5, 5.41) is 13.1. The maximum atomic E-state index is 4.57. The Morgan fingerprint density at radius 2 is 2.14 bits per heavy atom. The quantitative estimate of drug-likeness (QED) is 0.923. The van der Waals surface area contributed by atoms with Crippen LogP contribution in [0, 0.1) is 13.8 Å². The minimum absolute atomic E-state index is 0.732. The summed E-state index contributed by atoms with van der Waals surface area (Å²) in [4.78, 5) is 4.57. The van der Waals surface area contributed by atoms with E-state index in [2.05, 4.69) is 51.8 Å². The van der Waals surface area contributed by atoms with Crippen molar-refractivity contribution < 1.29 is 0 Å². The Labute approximate surface area is 127 Å². The summed E-state index contributed by atoms with van der Waals surface area (Å²) in [6.07, 6.45) is 1.85. The van der Waals surface area contributed by atoms with E-state index in [1.54, 1.807) is 16.4 Å². The highest BCUT2D eigenvalue weighted by Gasteiger charge is 2.15. The summed E-state index contributed by atoms with van der Waals surface area (Å²) in [5.74, 6) is 0.732. The van der Waals surface area contributed by atoms with Crippen LogP contribution in [-0.2, 0) is 7.05 Å². The van der Waals surface area contributed by atoms with Crippen molar-refractivity contribution in [1.82, 2.24) is 20.4 Å². The number of rotatable bonds is 2. The SMILES string of the molecule is Cc1ccc(N=C2NN=C(c3cn(C)nn3)CS2)cc1C. The fourth-order valence-electron chi connectivity index (χ4n) is 1.90. The summed E-state index contributed by atoms with van der Waals surface area (Å²) in [6.45, 7) is 4.18. The van der Waals surface area contributed by atoms with E-state index in [-0.39, 0.29) is 0 Å². The van der Waals surface area contributed by atoms with Gasteiger partial charge in [-0.1, -0.05) is 23.0 Å². The van der Waals surface area contributed by atoms with Gasteiger partial charge in [0.1, 0.15) is 11.4 Å². The van der Waals surface area contributed by atoms with Crippen LogP contribution in [0.5, 0.6) is 0 Å². The second kappa shape index (κ2) is 5.69. The molecule has 0 radical (unpaired) electrons. The van der Waals surface area contributed by atoms with Gasteiger partial charge < -0.3 is 0 Å². The smallest absolute Gasteiger partial charge is 0.182 e. The molecule has 1 N–H and O–H groups in total. The van der Waals surface area contributed by atoms with Crippen LogP contribution in [0.4, 0.5) is 5.69 Å². The van der Waals surface area contributed by atoms with Crippen LogP contribution in [0.2, 0.25) is 0 Å². The van der Waals surface area contributed by atoms with Crippen LogP contribution >= 0.6 is 11.8 Å². The van der Waals surface area contributed by atoms with Gasteiger partial charge in [-0.25, -0.2) is 4.99 Å². The van der Waals surface area contributed by atoms with Crippen molar-refractivity contribution in [2.75, 3.05) is 5.75 Å². The molecule has 1 aromatic carbocycles. The third-order valence-corrected chi connectivity index (χ3v) is 4.13. The maximum Gasteiger partial charge on any atom is 0.182 e. The van der Waals surface area contributed by atoms with E-state index < -0.39 is 0 Å². The van der Waals surface area contributed by atoms with Gasteiger partial charge >= 0.3 is 0 Å². The lowest BCUT2D eigenvalue weighted by Gasteiger charge is -2.13. The van der Waals surface area contributed by atoms with E-state index in [4.69, 9.17) is 0 Å². The summed E-state index contributed by atoms with van der Waals surface area (Å²) in [5.41, 5.74) is 8.10. The molecule has 3 rings (SSSR count). The highest BCUT2D eigenvalue weighted by atomic mass is 32.2. The summed E-state index contributed by atoms with van der Waals surface area (Å²) in [6, 6.07) is 6.17. The van der Waals surface area contributed by atoms with Crippen LogP contribution in [0.15, 0.2) is 34.5 Å². The molecule has 0 fully saturated rings. The molecule has 1 aliphatic rings. The number of thioether (sulfide) groups is 1. The molecular weight excluding hydrogens is 284 g/mol. The van der Waals surface area contributed by atoms with E-state index in [9.17, 15) is 0 Å². The van der Waals surface area contributed by atoms with Crippen molar-refractivity contribution in [3.8, 4) is 0 Å². The number of amidine groups is 1. The highest BCUT2D eigenvalue weighted by molar-refractivity contribution is 8.14. The third kappa shape index (κ3) is 3.13. The summed E-state index contributed by atoms with van der Waals surface area (Å²) >= 11 is 1.61. The van der Waals surface area contributed by atoms with E-state index in [0.29, 0.717) is 0 Å². The number of hydrazone groups is 1. The van der Waals surface area contributed by atoms with Crippen molar-refractivity contribution in [3.05, 3.63) is 41.2 Å². The zero-order chi connectivity index (χ0) is 14.8. The van der Waals surface area contributed by atoms with Crippen molar-refractivity contribution >= 4 is 28.3 Å². The van der Waals surface area contributed by atoms with Gasteiger partial charge in [-0.05, 0) is 37.1 Å². The van der Waals surface area contributed by atoms with Crippen LogP contribution in [-0.4, -0.2) is 31.6 Å². The van der Waals surface area contributed by atoms with Crippen molar-refractivity contribution in [1.29, 1.82) is 0 Å². The first-order valence-corrected chi connectivity index (χ1v) is 7.58. The molecule has 108 valence electrons. The monoisotopic (exact) mass is 300 g/mol. The Balaban J connectivity index is 1.76. The largest absolute Gasteiger partial charge is 0.255 e. The van der Waals surface area contributed by atoms with Gasteiger partial charge in [0.05, 0.1) is 11.9 Å². The Morgan fingerprint density at radius 3 is 2.76 bits per heavy atom. The minimum atomic E-state index is 0.732. The Bertz CT molecular complexity index is 731. The average molecular weight is 300 g/mol. The first-order chi connectivity index (χ1) is 10.1. The molecule has 2 aromatic rings. The molecule has 21 heavy (non-hydrogen) atoms. The standard InChI is InChI=1S/C14H16N6S/c1-9-4-5-11(6-10(9)2)15-14-18-16-13(8-21-14)12-7-20(3)19-17-12/h4-7H,8H2,1-3H3,(H,15,18). The molecule has 0 bridgehead atoms. The molecule has 0 spiro atoms. The van der Waals surface area contributed by atoms with E-state index in [1.165, 1.54) is 11.1 Å². The molecule has 0 saturated carbocycles. The number of hydrogen-bond acceptors (Lipinski definition) is 5. The van der Waals surface area contributed by atoms with Crippen molar-refractivity contribution in [2.45, 2.75) is 13.8 Å². The molecule has 0 atom stereocenters. The van der Waals surface area contributed by atoms with Gasteiger partial charge in [-0.2, -0.15) is 5.10 Å². The maximum absolute atomic E-state index is 4.57.